The summed E-state index contributed by atoms with van der Waals surface area (Å²) in [5.74, 6) is 0.746. The summed E-state index contributed by atoms with van der Waals surface area (Å²) in [7, 11) is 0. The molecule has 0 saturated heterocycles. The molecule has 2 aliphatic rings. The van der Waals surface area contributed by atoms with Crippen LogP contribution >= 0.6 is 11.6 Å². The van der Waals surface area contributed by atoms with Crippen molar-refractivity contribution in [2.24, 2.45) is 4.99 Å². The maximum absolute atomic E-state index is 10.8. The molecule has 0 bridgehead atoms. The van der Waals surface area contributed by atoms with Gasteiger partial charge in [-0.1, -0.05) is 30.5 Å². The smallest absolute Gasteiger partial charge is 0.235 e. The molecule has 21 heavy (non-hydrogen) atoms. The quantitative estimate of drug-likeness (QED) is 0.594. The summed E-state index contributed by atoms with van der Waals surface area (Å²) < 4.78 is 5.98. The molecular weight excluding hydrogens is 286 g/mol. The molecule has 0 radical (unpaired) electrons. The molecule has 2 fully saturated rings. The standard InChI is InChI=1S/C17H20ClNO2/c18-15-11-13(17(19-12-20)9-3-4-10-17)7-8-16(15)21-14-5-1-2-6-14/h7-8,11,14H,1-6,9-10H2. The zero-order chi connectivity index (χ0) is 14.7. The van der Waals surface area contributed by atoms with Gasteiger partial charge in [-0.25, -0.2) is 4.79 Å². The SMILES string of the molecule is O=C=NC1(c2ccc(OC3CCCC3)c(Cl)c2)CCCC1. The van der Waals surface area contributed by atoms with Crippen molar-refractivity contribution in [3.8, 4) is 5.75 Å². The van der Waals surface area contributed by atoms with Gasteiger partial charge in [0.05, 0.1) is 16.7 Å². The van der Waals surface area contributed by atoms with Crippen LogP contribution in [0.4, 0.5) is 0 Å². The highest BCUT2D eigenvalue weighted by atomic mass is 35.5. The van der Waals surface area contributed by atoms with Crippen LogP contribution in [0.1, 0.15) is 56.9 Å². The number of rotatable bonds is 4. The molecule has 0 spiro atoms. The molecule has 2 aliphatic carbocycles. The van der Waals surface area contributed by atoms with Crippen molar-refractivity contribution in [3.63, 3.8) is 0 Å². The van der Waals surface area contributed by atoms with E-state index in [2.05, 4.69) is 4.99 Å². The van der Waals surface area contributed by atoms with E-state index in [0.29, 0.717) is 11.1 Å². The first-order valence-electron chi connectivity index (χ1n) is 7.79. The number of nitrogens with zero attached hydrogens (tertiary/aromatic N) is 1. The third-order valence-electron chi connectivity index (χ3n) is 4.76. The number of hydrogen-bond acceptors (Lipinski definition) is 3. The van der Waals surface area contributed by atoms with Crippen molar-refractivity contribution in [2.45, 2.75) is 63.0 Å². The lowest BCUT2D eigenvalue weighted by Gasteiger charge is -2.24. The van der Waals surface area contributed by atoms with Crippen LogP contribution in [0.15, 0.2) is 23.2 Å². The number of isocyanates is 1. The van der Waals surface area contributed by atoms with E-state index in [0.717, 1.165) is 49.8 Å². The molecule has 0 heterocycles. The summed E-state index contributed by atoms with van der Waals surface area (Å²) in [6, 6.07) is 5.84. The number of benzene rings is 1. The van der Waals surface area contributed by atoms with Crippen molar-refractivity contribution in [3.05, 3.63) is 28.8 Å². The number of hydrogen-bond donors (Lipinski definition) is 0. The molecule has 1 aromatic rings. The Labute approximate surface area is 130 Å². The van der Waals surface area contributed by atoms with Gasteiger partial charge in [0.2, 0.25) is 6.08 Å². The van der Waals surface area contributed by atoms with Gasteiger partial charge in [0, 0.05) is 0 Å². The van der Waals surface area contributed by atoms with Crippen molar-refractivity contribution in [1.82, 2.24) is 0 Å². The van der Waals surface area contributed by atoms with Crippen molar-refractivity contribution in [2.75, 3.05) is 0 Å². The fraction of sp³-hybridized carbons (Fsp3) is 0.588. The Bertz CT molecular complexity index is 554. The van der Waals surface area contributed by atoms with E-state index >= 15 is 0 Å². The van der Waals surface area contributed by atoms with Gasteiger partial charge in [-0.05, 0) is 56.2 Å². The third-order valence-corrected chi connectivity index (χ3v) is 5.05. The van der Waals surface area contributed by atoms with Crippen LogP contribution in [0.2, 0.25) is 5.02 Å². The number of halogens is 1. The van der Waals surface area contributed by atoms with E-state index in [1.165, 1.54) is 12.8 Å². The van der Waals surface area contributed by atoms with Gasteiger partial charge in [0.25, 0.3) is 0 Å². The van der Waals surface area contributed by atoms with Gasteiger partial charge in [-0.3, -0.25) is 0 Å². The summed E-state index contributed by atoms with van der Waals surface area (Å²) in [5.41, 5.74) is 0.587. The molecule has 2 saturated carbocycles. The Morgan fingerprint density at radius 2 is 1.90 bits per heavy atom. The van der Waals surface area contributed by atoms with Crippen molar-refractivity contribution in [1.29, 1.82) is 0 Å². The van der Waals surface area contributed by atoms with Crippen molar-refractivity contribution < 1.29 is 9.53 Å². The van der Waals surface area contributed by atoms with Crippen LogP contribution in [0, 0.1) is 0 Å². The van der Waals surface area contributed by atoms with E-state index in [9.17, 15) is 4.79 Å². The average molecular weight is 306 g/mol. The summed E-state index contributed by atoms with van der Waals surface area (Å²) >= 11 is 6.38. The average Bonchev–Trinajstić information content (AvgIpc) is 3.14. The molecule has 0 N–H and O–H groups in total. The molecule has 4 heteroatoms. The molecule has 3 rings (SSSR count). The van der Waals surface area contributed by atoms with Crippen LogP contribution < -0.4 is 4.74 Å². The van der Waals surface area contributed by atoms with Gasteiger partial charge in [0.1, 0.15) is 5.75 Å². The van der Waals surface area contributed by atoms with Crippen LogP contribution in [0.3, 0.4) is 0 Å². The van der Waals surface area contributed by atoms with Crippen molar-refractivity contribution >= 4 is 17.7 Å². The lowest BCUT2D eigenvalue weighted by molar-refractivity contribution is 0.210. The van der Waals surface area contributed by atoms with Gasteiger partial charge in [0.15, 0.2) is 0 Å². The fourth-order valence-electron chi connectivity index (χ4n) is 3.58. The first-order valence-corrected chi connectivity index (χ1v) is 8.17. The van der Waals surface area contributed by atoms with Crippen LogP contribution in [0.25, 0.3) is 0 Å². The molecular formula is C17H20ClNO2. The number of ether oxygens (including phenoxy) is 1. The molecule has 0 atom stereocenters. The van der Waals surface area contributed by atoms with E-state index < -0.39 is 5.54 Å². The molecule has 0 unspecified atom stereocenters. The molecule has 3 nitrogen and oxygen atoms in total. The highest BCUT2D eigenvalue weighted by Gasteiger charge is 2.36. The molecule has 1 aromatic carbocycles. The zero-order valence-electron chi connectivity index (χ0n) is 12.1. The van der Waals surface area contributed by atoms with Crippen LogP contribution in [-0.4, -0.2) is 12.2 Å². The first kappa shape index (κ1) is 14.6. The first-order chi connectivity index (χ1) is 10.2. The predicted molar refractivity (Wildman–Crippen MR) is 82.6 cm³/mol. The zero-order valence-corrected chi connectivity index (χ0v) is 12.9. The normalized spacial score (nSPS) is 21.2. The van der Waals surface area contributed by atoms with Gasteiger partial charge >= 0.3 is 0 Å². The lowest BCUT2D eigenvalue weighted by Crippen LogP contribution is -2.19. The maximum Gasteiger partial charge on any atom is 0.235 e. The van der Waals surface area contributed by atoms with Crippen LogP contribution in [-0.2, 0) is 10.3 Å². The molecule has 0 aliphatic heterocycles. The predicted octanol–water partition coefficient (Wildman–Crippen LogP) is 4.77. The topological polar surface area (TPSA) is 38.7 Å². The van der Waals surface area contributed by atoms with E-state index in [4.69, 9.17) is 16.3 Å². The summed E-state index contributed by atoms with van der Waals surface area (Å²) in [6.45, 7) is 0. The van der Waals surface area contributed by atoms with Gasteiger partial charge in [-0.2, -0.15) is 4.99 Å². The second-order valence-electron chi connectivity index (χ2n) is 6.11. The second-order valence-corrected chi connectivity index (χ2v) is 6.52. The van der Waals surface area contributed by atoms with E-state index in [1.54, 1.807) is 6.08 Å². The summed E-state index contributed by atoms with van der Waals surface area (Å²) in [5, 5.41) is 0.617. The molecule has 0 amide bonds. The Balaban J connectivity index is 1.84. The summed E-state index contributed by atoms with van der Waals surface area (Å²) in [4.78, 5) is 14.9. The van der Waals surface area contributed by atoms with Gasteiger partial charge in [-0.15, -0.1) is 0 Å². The third kappa shape index (κ3) is 3.00. The Hall–Kier alpha value is -1.31. The monoisotopic (exact) mass is 305 g/mol. The highest BCUT2D eigenvalue weighted by molar-refractivity contribution is 6.32. The number of carbonyl (C=O) groups excluding carboxylic acids is 1. The highest BCUT2D eigenvalue weighted by Crippen LogP contribution is 2.44. The fourth-order valence-corrected chi connectivity index (χ4v) is 3.81. The minimum Gasteiger partial charge on any atom is -0.489 e. The maximum atomic E-state index is 10.8. The number of aliphatic imine (C=N–C) groups is 1. The minimum absolute atomic E-state index is 0.293. The Kier molecular flexibility index (Phi) is 4.32. The van der Waals surface area contributed by atoms with E-state index in [1.807, 2.05) is 18.2 Å². The Morgan fingerprint density at radius 1 is 1.19 bits per heavy atom. The largest absolute Gasteiger partial charge is 0.489 e. The van der Waals surface area contributed by atoms with E-state index in [-0.39, 0.29) is 0 Å². The second kappa shape index (κ2) is 6.21. The van der Waals surface area contributed by atoms with Crippen LogP contribution in [0.5, 0.6) is 5.75 Å². The minimum atomic E-state index is -0.419. The van der Waals surface area contributed by atoms with Gasteiger partial charge < -0.3 is 4.74 Å². The Morgan fingerprint density at radius 3 is 2.52 bits per heavy atom. The lowest BCUT2D eigenvalue weighted by atomic mass is 9.89. The molecule has 112 valence electrons. The molecule has 0 aromatic heterocycles. The summed E-state index contributed by atoms with van der Waals surface area (Å²) in [6.07, 6.45) is 10.7.